The van der Waals surface area contributed by atoms with Gasteiger partial charge >= 0.3 is 6.03 Å². The Balaban J connectivity index is 1.35. The molecule has 1 fully saturated rings. The molecule has 3 aromatic rings. The highest BCUT2D eigenvalue weighted by Gasteiger charge is 2.25. The number of carbonyl (C=O) groups is 2. The van der Waals surface area contributed by atoms with Gasteiger partial charge in [-0.2, -0.15) is 0 Å². The van der Waals surface area contributed by atoms with Gasteiger partial charge in [0.25, 0.3) is 5.91 Å². The number of anilines is 1. The number of carbonyl (C=O) groups excluding carboxylic acids is 2. The van der Waals surface area contributed by atoms with Gasteiger partial charge in [0.1, 0.15) is 0 Å². The van der Waals surface area contributed by atoms with E-state index in [9.17, 15) is 9.59 Å². The van der Waals surface area contributed by atoms with Crippen molar-refractivity contribution in [3.8, 4) is 0 Å². The first-order valence-electron chi connectivity index (χ1n) is 10.8. The highest BCUT2D eigenvalue weighted by molar-refractivity contribution is 7.09. The van der Waals surface area contributed by atoms with E-state index in [4.69, 9.17) is 11.6 Å². The molecule has 1 aliphatic rings. The normalized spacial score (nSPS) is 15.9. The maximum atomic E-state index is 12.7. The number of hydrogen-bond acceptors (Lipinski definition) is 3. The summed E-state index contributed by atoms with van der Waals surface area (Å²) in [5.41, 5.74) is 2.49. The summed E-state index contributed by atoms with van der Waals surface area (Å²) in [7, 11) is 0. The van der Waals surface area contributed by atoms with E-state index in [1.165, 1.54) is 4.88 Å². The number of benzene rings is 2. The number of urea groups is 1. The number of nitrogens with zero attached hydrogens (tertiary/aromatic N) is 1. The molecule has 0 bridgehead atoms. The van der Waals surface area contributed by atoms with Crippen LogP contribution in [0.1, 0.15) is 39.6 Å². The summed E-state index contributed by atoms with van der Waals surface area (Å²) in [6, 6.07) is 18.9. The first-order chi connectivity index (χ1) is 15.6. The molecule has 1 atom stereocenters. The molecule has 2 heterocycles. The van der Waals surface area contributed by atoms with Crippen molar-refractivity contribution in [3.63, 3.8) is 0 Å². The van der Waals surface area contributed by atoms with Crippen molar-refractivity contribution in [3.05, 3.63) is 87.1 Å². The van der Waals surface area contributed by atoms with E-state index in [1.54, 1.807) is 35.6 Å². The van der Waals surface area contributed by atoms with Gasteiger partial charge in [-0.15, -0.1) is 11.3 Å². The van der Waals surface area contributed by atoms with Gasteiger partial charge in [-0.25, -0.2) is 4.79 Å². The third kappa shape index (κ3) is 5.90. The summed E-state index contributed by atoms with van der Waals surface area (Å²) in [6.07, 6.45) is 2.76. The summed E-state index contributed by atoms with van der Waals surface area (Å²) >= 11 is 7.62. The van der Waals surface area contributed by atoms with Crippen LogP contribution in [0.3, 0.4) is 0 Å². The quantitative estimate of drug-likeness (QED) is 0.482. The summed E-state index contributed by atoms with van der Waals surface area (Å²) in [6.45, 7) is 1.97. The topological polar surface area (TPSA) is 61.4 Å². The third-order valence-corrected chi connectivity index (χ3v) is 6.85. The Labute approximate surface area is 197 Å². The Bertz CT molecular complexity index is 1050. The number of amides is 3. The largest absolute Gasteiger partial charge is 0.352 e. The summed E-state index contributed by atoms with van der Waals surface area (Å²) in [5, 5.41) is 8.63. The molecule has 2 aromatic carbocycles. The fourth-order valence-corrected chi connectivity index (χ4v) is 4.79. The minimum atomic E-state index is -0.112. The van der Waals surface area contributed by atoms with E-state index in [1.807, 2.05) is 40.6 Å². The number of nitrogens with one attached hydrogen (secondary N) is 2. The number of hydrogen-bond donors (Lipinski definition) is 2. The zero-order valence-electron chi connectivity index (χ0n) is 17.7. The van der Waals surface area contributed by atoms with Crippen molar-refractivity contribution in [2.75, 3.05) is 25.0 Å². The van der Waals surface area contributed by atoms with E-state index in [0.717, 1.165) is 37.1 Å². The van der Waals surface area contributed by atoms with Crippen LogP contribution in [0.4, 0.5) is 10.5 Å². The van der Waals surface area contributed by atoms with Gasteiger partial charge in [0, 0.05) is 46.7 Å². The fourth-order valence-electron chi connectivity index (χ4n) is 3.96. The maximum absolute atomic E-state index is 12.7. The van der Waals surface area contributed by atoms with Crippen LogP contribution >= 0.6 is 22.9 Å². The van der Waals surface area contributed by atoms with E-state index < -0.39 is 0 Å². The third-order valence-electron chi connectivity index (χ3n) is 5.66. The average molecular weight is 468 g/mol. The van der Waals surface area contributed by atoms with Crippen LogP contribution in [0.25, 0.3) is 0 Å². The summed E-state index contributed by atoms with van der Waals surface area (Å²) < 4.78 is 0. The van der Waals surface area contributed by atoms with Crippen LogP contribution in [0.2, 0.25) is 5.02 Å². The van der Waals surface area contributed by atoms with Crippen LogP contribution in [0.15, 0.2) is 66.0 Å². The Kier molecular flexibility index (Phi) is 7.45. The monoisotopic (exact) mass is 467 g/mol. The molecule has 4 rings (SSSR count). The fraction of sp³-hybridized carbons (Fsp3) is 0.280. The van der Waals surface area contributed by atoms with Crippen molar-refractivity contribution < 1.29 is 9.59 Å². The number of rotatable bonds is 6. The van der Waals surface area contributed by atoms with Crippen molar-refractivity contribution in [1.29, 1.82) is 0 Å². The van der Waals surface area contributed by atoms with Crippen LogP contribution in [0, 0.1) is 0 Å². The molecule has 3 amide bonds. The first-order valence-corrected chi connectivity index (χ1v) is 12.1. The maximum Gasteiger partial charge on any atom is 0.321 e. The Hall–Kier alpha value is -2.83. The Morgan fingerprint density at radius 3 is 2.72 bits per heavy atom. The smallest absolute Gasteiger partial charge is 0.321 e. The molecule has 0 unspecified atom stereocenters. The van der Waals surface area contributed by atoms with Crippen LogP contribution in [-0.4, -0.2) is 36.5 Å². The van der Waals surface area contributed by atoms with Crippen molar-refractivity contribution >= 4 is 40.6 Å². The van der Waals surface area contributed by atoms with Crippen LogP contribution < -0.4 is 10.6 Å². The second-order valence-corrected chi connectivity index (χ2v) is 9.40. The lowest BCUT2D eigenvalue weighted by atomic mass is 9.89. The van der Waals surface area contributed by atoms with Crippen molar-refractivity contribution in [2.45, 2.75) is 25.2 Å². The molecule has 0 radical (unpaired) electrons. The van der Waals surface area contributed by atoms with Gasteiger partial charge in [0.2, 0.25) is 0 Å². The highest BCUT2D eigenvalue weighted by Crippen LogP contribution is 2.28. The zero-order valence-corrected chi connectivity index (χ0v) is 19.3. The van der Waals surface area contributed by atoms with E-state index in [0.29, 0.717) is 23.7 Å². The molecule has 2 N–H and O–H groups in total. The van der Waals surface area contributed by atoms with Gasteiger partial charge in [-0.05, 0) is 72.7 Å². The molecule has 1 aromatic heterocycles. The predicted molar refractivity (Wildman–Crippen MR) is 131 cm³/mol. The number of likely N-dealkylation sites (tertiary alicyclic amines) is 1. The Morgan fingerprint density at radius 1 is 1.09 bits per heavy atom. The molecule has 7 heteroatoms. The second-order valence-electron chi connectivity index (χ2n) is 7.93. The summed E-state index contributed by atoms with van der Waals surface area (Å²) in [4.78, 5) is 28.5. The van der Waals surface area contributed by atoms with Gasteiger partial charge in [0.05, 0.1) is 0 Å². The van der Waals surface area contributed by atoms with Crippen LogP contribution in [0.5, 0.6) is 0 Å². The molecular formula is C25H26ClN3O2S. The lowest BCUT2D eigenvalue weighted by Crippen LogP contribution is -2.41. The SMILES string of the molecule is O=C(NCCc1cccs1)c1cccc([C@@H]2CCCN(C(=O)Nc3ccc(Cl)cc3)C2)c1. The predicted octanol–water partition coefficient (Wildman–Crippen LogP) is 5.79. The molecule has 5 nitrogen and oxygen atoms in total. The van der Waals surface area contributed by atoms with Gasteiger partial charge in [-0.3, -0.25) is 4.79 Å². The molecular weight excluding hydrogens is 442 g/mol. The minimum absolute atomic E-state index is 0.0587. The number of halogens is 1. The molecule has 0 aliphatic carbocycles. The number of piperidine rings is 1. The Morgan fingerprint density at radius 2 is 1.94 bits per heavy atom. The highest BCUT2D eigenvalue weighted by atomic mass is 35.5. The van der Waals surface area contributed by atoms with E-state index >= 15 is 0 Å². The van der Waals surface area contributed by atoms with Crippen LogP contribution in [-0.2, 0) is 6.42 Å². The zero-order chi connectivity index (χ0) is 22.3. The molecule has 166 valence electrons. The lowest BCUT2D eigenvalue weighted by Gasteiger charge is -2.33. The molecule has 0 saturated carbocycles. The lowest BCUT2D eigenvalue weighted by molar-refractivity contribution is 0.0954. The number of thiophene rings is 1. The van der Waals surface area contributed by atoms with Crippen molar-refractivity contribution in [2.24, 2.45) is 0 Å². The standard InChI is InChI=1S/C25H26ClN3O2S/c26-21-8-10-22(11-9-21)28-25(31)29-14-2-6-20(17-29)18-4-1-5-19(16-18)24(30)27-13-12-23-7-3-15-32-23/h1,3-5,7-11,15-16,20H,2,6,12-14,17H2,(H,27,30)(H,28,31)/t20-/m1/s1. The summed E-state index contributed by atoms with van der Waals surface area (Å²) in [5.74, 6) is 0.148. The van der Waals surface area contributed by atoms with Crippen molar-refractivity contribution in [1.82, 2.24) is 10.2 Å². The molecule has 1 saturated heterocycles. The van der Waals surface area contributed by atoms with Gasteiger partial charge in [-0.1, -0.05) is 29.8 Å². The minimum Gasteiger partial charge on any atom is -0.352 e. The van der Waals surface area contributed by atoms with E-state index in [2.05, 4.69) is 16.7 Å². The van der Waals surface area contributed by atoms with E-state index in [-0.39, 0.29) is 17.9 Å². The molecule has 32 heavy (non-hydrogen) atoms. The van der Waals surface area contributed by atoms with Gasteiger partial charge < -0.3 is 15.5 Å². The first kappa shape index (κ1) is 22.4. The average Bonchev–Trinajstić information content (AvgIpc) is 3.34. The van der Waals surface area contributed by atoms with Gasteiger partial charge in [0.15, 0.2) is 0 Å². The molecule has 0 spiro atoms. The second kappa shape index (κ2) is 10.7. The molecule has 1 aliphatic heterocycles.